The summed E-state index contributed by atoms with van der Waals surface area (Å²) in [5.41, 5.74) is 0.0587. The van der Waals surface area contributed by atoms with Gasteiger partial charge in [-0.2, -0.15) is 0 Å². The van der Waals surface area contributed by atoms with Crippen molar-refractivity contribution in [1.29, 1.82) is 0 Å². The molecule has 0 aromatic heterocycles. The smallest absolute Gasteiger partial charge is 0.204 e. The molecule has 110 valence electrons. The van der Waals surface area contributed by atoms with Gasteiger partial charge < -0.3 is 14.2 Å². The van der Waals surface area contributed by atoms with Crippen molar-refractivity contribution < 1.29 is 19.0 Å². The van der Waals surface area contributed by atoms with Crippen molar-refractivity contribution in [3.05, 3.63) is 17.7 Å². The van der Waals surface area contributed by atoms with Crippen LogP contribution in [-0.2, 0) is 0 Å². The Balaban J connectivity index is 2.37. The molecule has 20 heavy (non-hydrogen) atoms. The molecule has 1 heterocycles. The van der Waals surface area contributed by atoms with Gasteiger partial charge in [0.2, 0.25) is 5.75 Å². The van der Waals surface area contributed by atoms with Crippen LogP contribution in [0.2, 0.25) is 0 Å². The van der Waals surface area contributed by atoms with Gasteiger partial charge in [-0.3, -0.25) is 4.79 Å². The number of ether oxygens (including phenoxy) is 3. The van der Waals surface area contributed by atoms with Crippen molar-refractivity contribution >= 4 is 5.78 Å². The number of hydrogen-bond donors (Lipinski definition) is 0. The number of Topliss-reactive ketones (excluding diaryl/α,β-unsaturated/α-hetero) is 1. The summed E-state index contributed by atoms with van der Waals surface area (Å²) in [6, 6.07) is 3.55. The Bertz CT molecular complexity index is 505. The van der Waals surface area contributed by atoms with E-state index in [4.69, 9.17) is 14.2 Å². The molecule has 0 unspecified atom stereocenters. The zero-order valence-electron chi connectivity index (χ0n) is 12.6. The predicted octanol–water partition coefficient (Wildman–Crippen LogP) is 3.62. The highest BCUT2D eigenvalue weighted by atomic mass is 16.5. The maximum atomic E-state index is 12.2. The SMILES string of the molecule is CCCCOc1ccc2c(c1OC)OC(C)(C)CC2=O. The maximum absolute atomic E-state index is 12.2. The van der Waals surface area contributed by atoms with Crippen LogP contribution in [-0.4, -0.2) is 25.1 Å². The van der Waals surface area contributed by atoms with E-state index in [1.54, 1.807) is 19.2 Å². The zero-order valence-corrected chi connectivity index (χ0v) is 12.6. The van der Waals surface area contributed by atoms with E-state index in [1.807, 2.05) is 13.8 Å². The topological polar surface area (TPSA) is 44.8 Å². The van der Waals surface area contributed by atoms with Gasteiger partial charge in [-0.1, -0.05) is 13.3 Å². The lowest BCUT2D eigenvalue weighted by Gasteiger charge is -2.32. The summed E-state index contributed by atoms with van der Waals surface area (Å²) in [6.07, 6.45) is 2.42. The molecular formula is C16H22O4. The first-order valence-electron chi connectivity index (χ1n) is 7.04. The summed E-state index contributed by atoms with van der Waals surface area (Å²) < 4.78 is 17.1. The minimum absolute atomic E-state index is 0.0784. The first-order chi connectivity index (χ1) is 9.48. The monoisotopic (exact) mass is 278 g/mol. The van der Waals surface area contributed by atoms with Crippen LogP contribution in [0, 0.1) is 0 Å². The van der Waals surface area contributed by atoms with Gasteiger partial charge in [0, 0.05) is 0 Å². The fraction of sp³-hybridized carbons (Fsp3) is 0.562. The minimum Gasteiger partial charge on any atom is -0.490 e. The quantitative estimate of drug-likeness (QED) is 0.772. The van der Waals surface area contributed by atoms with E-state index < -0.39 is 5.60 Å². The highest BCUT2D eigenvalue weighted by molar-refractivity contribution is 6.01. The van der Waals surface area contributed by atoms with Crippen LogP contribution in [0.3, 0.4) is 0 Å². The molecule has 0 N–H and O–H groups in total. The Kier molecular flexibility index (Phi) is 4.21. The first-order valence-corrected chi connectivity index (χ1v) is 7.04. The van der Waals surface area contributed by atoms with Gasteiger partial charge in [-0.15, -0.1) is 0 Å². The number of carbonyl (C=O) groups excluding carboxylic acids is 1. The van der Waals surface area contributed by atoms with Crippen molar-refractivity contribution in [3.8, 4) is 17.2 Å². The molecule has 0 radical (unpaired) electrons. The van der Waals surface area contributed by atoms with Gasteiger partial charge >= 0.3 is 0 Å². The lowest BCUT2D eigenvalue weighted by atomic mass is 9.93. The molecule has 0 bridgehead atoms. The Morgan fingerprint density at radius 1 is 1.35 bits per heavy atom. The fourth-order valence-electron chi connectivity index (χ4n) is 2.29. The van der Waals surface area contributed by atoms with E-state index in [0.717, 1.165) is 12.8 Å². The predicted molar refractivity (Wildman–Crippen MR) is 77.1 cm³/mol. The third kappa shape index (κ3) is 2.89. The number of ketones is 1. The number of carbonyl (C=O) groups is 1. The molecule has 0 amide bonds. The average Bonchev–Trinajstić information content (AvgIpc) is 2.37. The lowest BCUT2D eigenvalue weighted by molar-refractivity contribution is 0.0597. The number of unbranched alkanes of at least 4 members (excludes halogenated alkanes) is 1. The van der Waals surface area contributed by atoms with E-state index in [-0.39, 0.29) is 5.78 Å². The summed E-state index contributed by atoms with van der Waals surface area (Å²) in [7, 11) is 1.57. The molecule has 4 heteroatoms. The van der Waals surface area contributed by atoms with Crippen molar-refractivity contribution in [2.24, 2.45) is 0 Å². The summed E-state index contributed by atoms with van der Waals surface area (Å²) >= 11 is 0. The van der Waals surface area contributed by atoms with Crippen LogP contribution >= 0.6 is 0 Å². The number of rotatable bonds is 5. The van der Waals surface area contributed by atoms with Crippen LogP contribution in [0.4, 0.5) is 0 Å². The molecule has 0 saturated heterocycles. The third-order valence-electron chi connectivity index (χ3n) is 3.30. The largest absolute Gasteiger partial charge is 0.490 e. The first kappa shape index (κ1) is 14.7. The van der Waals surface area contributed by atoms with E-state index in [0.29, 0.717) is 35.8 Å². The second-order valence-electron chi connectivity index (χ2n) is 5.64. The van der Waals surface area contributed by atoms with Crippen molar-refractivity contribution in [2.45, 2.75) is 45.6 Å². The van der Waals surface area contributed by atoms with Gasteiger partial charge in [-0.25, -0.2) is 0 Å². The highest BCUT2D eigenvalue weighted by Crippen LogP contribution is 2.45. The van der Waals surface area contributed by atoms with Crippen LogP contribution in [0.15, 0.2) is 12.1 Å². The average molecular weight is 278 g/mol. The van der Waals surface area contributed by atoms with E-state index in [1.165, 1.54) is 0 Å². The molecule has 0 atom stereocenters. The second kappa shape index (κ2) is 5.73. The van der Waals surface area contributed by atoms with Crippen molar-refractivity contribution in [1.82, 2.24) is 0 Å². The summed E-state index contributed by atoms with van der Waals surface area (Å²) in [6.45, 7) is 6.54. The zero-order chi connectivity index (χ0) is 14.8. The maximum Gasteiger partial charge on any atom is 0.204 e. The number of benzene rings is 1. The Labute approximate surface area is 120 Å². The van der Waals surface area contributed by atoms with Gasteiger partial charge in [-0.05, 0) is 32.4 Å². The van der Waals surface area contributed by atoms with Gasteiger partial charge in [0.05, 0.1) is 25.7 Å². The number of fused-ring (bicyclic) bond motifs is 1. The molecule has 1 aliphatic heterocycles. The highest BCUT2D eigenvalue weighted by Gasteiger charge is 2.35. The number of hydrogen-bond acceptors (Lipinski definition) is 4. The molecule has 4 nitrogen and oxygen atoms in total. The van der Waals surface area contributed by atoms with Crippen LogP contribution in [0.25, 0.3) is 0 Å². The van der Waals surface area contributed by atoms with Gasteiger partial charge in [0.15, 0.2) is 17.3 Å². The summed E-state index contributed by atoms with van der Waals surface area (Å²) in [5, 5.41) is 0. The summed E-state index contributed by atoms with van der Waals surface area (Å²) in [5.74, 6) is 1.72. The van der Waals surface area contributed by atoms with Crippen molar-refractivity contribution in [2.75, 3.05) is 13.7 Å². The van der Waals surface area contributed by atoms with Crippen LogP contribution < -0.4 is 14.2 Å². The molecule has 1 aliphatic rings. The standard InChI is InChI=1S/C16H22O4/c1-5-6-9-19-13-8-7-11-12(17)10-16(2,3)20-14(11)15(13)18-4/h7-8H,5-6,9-10H2,1-4H3. The lowest BCUT2D eigenvalue weighted by Crippen LogP contribution is -2.36. The van der Waals surface area contributed by atoms with Crippen molar-refractivity contribution in [3.63, 3.8) is 0 Å². The Morgan fingerprint density at radius 2 is 2.10 bits per heavy atom. The van der Waals surface area contributed by atoms with Gasteiger partial charge in [0.1, 0.15) is 5.60 Å². The van der Waals surface area contributed by atoms with Crippen LogP contribution in [0.5, 0.6) is 17.2 Å². The van der Waals surface area contributed by atoms with E-state index >= 15 is 0 Å². The Hall–Kier alpha value is -1.71. The van der Waals surface area contributed by atoms with E-state index in [2.05, 4.69) is 6.92 Å². The fourth-order valence-corrected chi connectivity index (χ4v) is 2.29. The minimum atomic E-state index is -0.514. The normalized spacial score (nSPS) is 16.3. The van der Waals surface area contributed by atoms with Gasteiger partial charge in [0.25, 0.3) is 0 Å². The second-order valence-corrected chi connectivity index (χ2v) is 5.64. The molecule has 1 aromatic carbocycles. The van der Waals surface area contributed by atoms with Crippen LogP contribution in [0.1, 0.15) is 50.4 Å². The van der Waals surface area contributed by atoms with E-state index in [9.17, 15) is 4.79 Å². The Morgan fingerprint density at radius 3 is 2.75 bits per heavy atom. The molecule has 0 saturated carbocycles. The molecule has 1 aromatic rings. The molecule has 0 fully saturated rings. The molecule has 0 aliphatic carbocycles. The molecular weight excluding hydrogens is 256 g/mol. The number of methoxy groups -OCH3 is 1. The summed E-state index contributed by atoms with van der Waals surface area (Å²) in [4.78, 5) is 12.2. The third-order valence-corrected chi connectivity index (χ3v) is 3.30. The molecule has 0 spiro atoms. The molecule has 2 rings (SSSR count).